The second kappa shape index (κ2) is 7.23. The summed E-state index contributed by atoms with van der Waals surface area (Å²) in [5.74, 6) is 0.202. The Hall–Kier alpha value is -1.63. The first-order valence-electron chi connectivity index (χ1n) is 5.87. The Morgan fingerprint density at radius 2 is 2.20 bits per heavy atom. The highest BCUT2D eigenvalue weighted by molar-refractivity contribution is 7.09. The number of thiazole rings is 1. The SMILES string of the molecule is C[C@H](Oc1ccc(Cl)cc1)C(=O)NOCc1nccs1. The third-order valence-electron chi connectivity index (χ3n) is 2.35. The van der Waals surface area contributed by atoms with Gasteiger partial charge in [-0.2, -0.15) is 0 Å². The van der Waals surface area contributed by atoms with Crippen molar-refractivity contribution < 1.29 is 14.4 Å². The third kappa shape index (κ3) is 4.48. The lowest BCUT2D eigenvalue weighted by Gasteiger charge is -2.14. The van der Waals surface area contributed by atoms with Gasteiger partial charge in [0.2, 0.25) is 0 Å². The molecular weight excluding hydrogens is 300 g/mol. The van der Waals surface area contributed by atoms with E-state index in [4.69, 9.17) is 21.2 Å². The number of carbonyl (C=O) groups is 1. The molecule has 0 bridgehead atoms. The number of aromatic nitrogens is 1. The van der Waals surface area contributed by atoms with Crippen molar-refractivity contribution in [3.8, 4) is 5.75 Å². The zero-order chi connectivity index (χ0) is 14.4. The van der Waals surface area contributed by atoms with Crippen LogP contribution in [0.15, 0.2) is 35.8 Å². The molecular formula is C13H13ClN2O3S. The standard InChI is InChI=1S/C13H13ClN2O3S/c1-9(19-11-4-2-10(14)3-5-11)13(17)16-18-8-12-15-6-7-20-12/h2-7,9H,8H2,1H3,(H,16,17)/t9-/m0/s1. The second-order valence-electron chi connectivity index (χ2n) is 3.89. The van der Waals surface area contributed by atoms with Crippen molar-refractivity contribution in [1.82, 2.24) is 10.5 Å². The number of rotatable bonds is 6. The fourth-order valence-electron chi connectivity index (χ4n) is 1.35. The van der Waals surface area contributed by atoms with Gasteiger partial charge in [0.1, 0.15) is 17.4 Å². The minimum absolute atomic E-state index is 0.233. The minimum Gasteiger partial charge on any atom is -0.481 e. The maximum Gasteiger partial charge on any atom is 0.284 e. The Labute approximate surface area is 125 Å². The van der Waals surface area contributed by atoms with Crippen LogP contribution in [0.5, 0.6) is 5.75 Å². The molecule has 0 unspecified atom stereocenters. The number of halogens is 1. The lowest BCUT2D eigenvalue weighted by atomic mass is 10.3. The molecule has 0 aliphatic heterocycles. The Balaban J connectivity index is 1.75. The number of nitrogens with zero attached hydrogens (tertiary/aromatic N) is 1. The van der Waals surface area contributed by atoms with Gasteiger partial charge in [0.15, 0.2) is 6.10 Å². The third-order valence-corrected chi connectivity index (χ3v) is 3.35. The zero-order valence-corrected chi connectivity index (χ0v) is 12.3. The molecule has 1 aromatic heterocycles. The first kappa shape index (κ1) is 14.8. The summed E-state index contributed by atoms with van der Waals surface area (Å²) in [6.07, 6.45) is 1.00. The topological polar surface area (TPSA) is 60.5 Å². The normalized spacial score (nSPS) is 11.9. The van der Waals surface area contributed by atoms with Gasteiger partial charge >= 0.3 is 0 Å². The van der Waals surface area contributed by atoms with Crippen molar-refractivity contribution in [3.63, 3.8) is 0 Å². The molecule has 106 valence electrons. The van der Waals surface area contributed by atoms with Crippen LogP contribution in [0.1, 0.15) is 11.9 Å². The van der Waals surface area contributed by atoms with Gasteiger partial charge < -0.3 is 4.74 Å². The predicted molar refractivity (Wildman–Crippen MR) is 76.6 cm³/mol. The average Bonchev–Trinajstić information content (AvgIpc) is 2.94. The molecule has 0 fully saturated rings. The summed E-state index contributed by atoms with van der Waals surface area (Å²) in [6, 6.07) is 6.78. The maximum atomic E-state index is 11.7. The number of hydrogen-bond donors (Lipinski definition) is 1. The molecule has 0 saturated carbocycles. The molecule has 1 atom stereocenters. The Morgan fingerprint density at radius 3 is 2.85 bits per heavy atom. The number of nitrogens with one attached hydrogen (secondary N) is 1. The summed E-state index contributed by atoms with van der Waals surface area (Å²) >= 11 is 7.22. The zero-order valence-electron chi connectivity index (χ0n) is 10.7. The summed E-state index contributed by atoms with van der Waals surface area (Å²) in [4.78, 5) is 20.8. The molecule has 1 aromatic carbocycles. The van der Waals surface area contributed by atoms with Crippen LogP contribution in [0.2, 0.25) is 5.02 Å². The van der Waals surface area contributed by atoms with E-state index in [2.05, 4.69) is 10.5 Å². The van der Waals surface area contributed by atoms with Gasteiger partial charge in [-0.25, -0.2) is 10.5 Å². The minimum atomic E-state index is -0.674. The molecule has 0 aliphatic rings. The van der Waals surface area contributed by atoms with Crippen LogP contribution in [0.4, 0.5) is 0 Å². The molecule has 1 N–H and O–H groups in total. The second-order valence-corrected chi connectivity index (χ2v) is 5.31. The lowest BCUT2D eigenvalue weighted by molar-refractivity contribution is -0.141. The van der Waals surface area contributed by atoms with E-state index >= 15 is 0 Å². The first-order chi connectivity index (χ1) is 9.65. The van der Waals surface area contributed by atoms with E-state index in [1.54, 1.807) is 37.4 Å². The number of hydrogen-bond acceptors (Lipinski definition) is 5. The van der Waals surface area contributed by atoms with Gasteiger partial charge in [-0.05, 0) is 31.2 Å². The molecule has 5 nitrogen and oxygen atoms in total. The van der Waals surface area contributed by atoms with E-state index < -0.39 is 6.10 Å². The van der Waals surface area contributed by atoms with E-state index in [9.17, 15) is 4.79 Å². The highest BCUT2D eigenvalue weighted by Crippen LogP contribution is 2.16. The van der Waals surface area contributed by atoms with Gasteiger partial charge in [-0.3, -0.25) is 9.63 Å². The van der Waals surface area contributed by atoms with Gasteiger partial charge in [-0.1, -0.05) is 11.6 Å². The van der Waals surface area contributed by atoms with E-state index in [1.165, 1.54) is 11.3 Å². The highest BCUT2D eigenvalue weighted by atomic mass is 35.5. The van der Waals surface area contributed by atoms with Gasteiger partial charge in [0.25, 0.3) is 5.91 Å². The van der Waals surface area contributed by atoms with Crippen LogP contribution >= 0.6 is 22.9 Å². The fraction of sp³-hybridized carbons (Fsp3) is 0.231. The number of ether oxygens (including phenoxy) is 1. The number of carbonyl (C=O) groups excluding carboxylic acids is 1. The predicted octanol–water partition coefficient (Wildman–Crippen LogP) is 2.81. The Bertz CT molecular complexity index is 545. The van der Waals surface area contributed by atoms with E-state index in [0.29, 0.717) is 10.8 Å². The van der Waals surface area contributed by atoms with Crippen molar-refractivity contribution in [2.45, 2.75) is 19.6 Å². The van der Waals surface area contributed by atoms with Crippen LogP contribution in [0, 0.1) is 0 Å². The summed E-state index contributed by atoms with van der Waals surface area (Å²) < 4.78 is 5.46. The largest absolute Gasteiger partial charge is 0.481 e. The monoisotopic (exact) mass is 312 g/mol. The van der Waals surface area contributed by atoms with Crippen molar-refractivity contribution in [2.24, 2.45) is 0 Å². The van der Waals surface area contributed by atoms with Crippen molar-refractivity contribution in [2.75, 3.05) is 0 Å². The van der Waals surface area contributed by atoms with Crippen LogP contribution in [-0.2, 0) is 16.2 Å². The summed E-state index contributed by atoms with van der Waals surface area (Å²) in [5, 5.41) is 3.24. The van der Waals surface area contributed by atoms with E-state index in [-0.39, 0.29) is 12.5 Å². The summed E-state index contributed by atoms with van der Waals surface area (Å²) in [7, 11) is 0. The number of benzene rings is 1. The molecule has 0 radical (unpaired) electrons. The van der Waals surface area contributed by atoms with Crippen molar-refractivity contribution in [1.29, 1.82) is 0 Å². The molecule has 2 rings (SSSR count). The van der Waals surface area contributed by atoms with Crippen molar-refractivity contribution >= 4 is 28.8 Å². The smallest absolute Gasteiger partial charge is 0.284 e. The molecule has 7 heteroatoms. The first-order valence-corrected chi connectivity index (χ1v) is 7.13. The molecule has 2 aromatic rings. The maximum absolute atomic E-state index is 11.7. The number of amides is 1. The molecule has 0 aliphatic carbocycles. The molecule has 1 heterocycles. The summed E-state index contributed by atoms with van der Waals surface area (Å²) in [6.45, 7) is 1.87. The fourth-order valence-corrected chi connectivity index (χ4v) is 2.00. The lowest BCUT2D eigenvalue weighted by Crippen LogP contribution is -2.36. The van der Waals surface area contributed by atoms with Crippen LogP contribution in [0.3, 0.4) is 0 Å². The van der Waals surface area contributed by atoms with Gasteiger partial charge in [0.05, 0.1) is 0 Å². The quantitative estimate of drug-likeness (QED) is 0.833. The molecule has 0 saturated heterocycles. The molecule has 20 heavy (non-hydrogen) atoms. The highest BCUT2D eigenvalue weighted by Gasteiger charge is 2.14. The van der Waals surface area contributed by atoms with Crippen molar-refractivity contribution in [3.05, 3.63) is 45.9 Å². The van der Waals surface area contributed by atoms with Gasteiger partial charge in [0, 0.05) is 16.6 Å². The Morgan fingerprint density at radius 1 is 1.45 bits per heavy atom. The number of hydroxylamine groups is 1. The van der Waals surface area contributed by atoms with Gasteiger partial charge in [-0.15, -0.1) is 11.3 Å². The Kier molecular flexibility index (Phi) is 5.34. The van der Waals surface area contributed by atoms with Crippen LogP contribution < -0.4 is 10.2 Å². The van der Waals surface area contributed by atoms with Crippen LogP contribution in [-0.4, -0.2) is 17.0 Å². The van der Waals surface area contributed by atoms with E-state index in [0.717, 1.165) is 5.01 Å². The average molecular weight is 313 g/mol. The molecule has 1 amide bonds. The van der Waals surface area contributed by atoms with Crippen LogP contribution in [0.25, 0.3) is 0 Å². The molecule has 0 spiro atoms. The summed E-state index contributed by atoms with van der Waals surface area (Å²) in [5.41, 5.74) is 2.33. The van der Waals surface area contributed by atoms with E-state index in [1.807, 2.05) is 5.38 Å².